The van der Waals surface area contributed by atoms with Gasteiger partial charge in [-0.1, -0.05) is 17.7 Å². The molecule has 1 heterocycles. The Balaban J connectivity index is 2.56. The third-order valence-electron chi connectivity index (χ3n) is 2.65. The fraction of sp³-hybridized carbons (Fsp3) is 0.250. The lowest BCUT2D eigenvalue weighted by Crippen LogP contribution is -1.99. The molecule has 0 atom stereocenters. The first-order chi connectivity index (χ1) is 7.63. The summed E-state index contributed by atoms with van der Waals surface area (Å²) in [7, 11) is 0. The number of hydrogen-bond acceptors (Lipinski definition) is 2. The van der Waals surface area contributed by atoms with Gasteiger partial charge in [-0.15, -0.1) is 0 Å². The molecule has 0 unspecified atom stereocenters. The number of hydrogen-bond donors (Lipinski definition) is 1. The van der Waals surface area contributed by atoms with Crippen LogP contribution in [0.3, 0.4) is 0 Å². The van der Waals surface area contributed by atoms with Crippen molar-refractivity contribution in [3.05, 3.63) is 46.2 Å². The van der Waals surface area contributed by atoms with Crippen LogP contribution in [-0.4, -0.2) is 14.9 Å². The van der Waals surface area contributed by atoms with Crippen LogP contribution in [0, 0.1) is 13.8 Å². The molecule has 1 N–H and O–H groups in total. The van der Waals surface area contributed by atoms with Crippen LogP contribution in [0.1, 0.15) is 17.0 Å². The average molecular weight is 237 g/mol. The van der Waals surface area contributed by atoms with Crippen molar-refractivity contribution in [2.24, 2.45) is 0 Å². The fourth-order valence-electron chi connectivity index (χ4n) is 1.76. The van der Waals surface area contributed by atoms with Crippen molar-refractivity contribution in [1.82, 2.24) is 9.78 Å². The van der Waals surface area contributed by atoms with Gasteiger partial charge in [-0.25, -0.2) is 4.68 Å². The Morgan fingerprint density at radius 1 is 1.38 bits per heavy atom. The van der Waals surface area contributed by atoms with E-state index in [1.807, 2.05) is 38.1 Å². The van der Waals surface area contributed by atoms with Crippen LogP contribution in [0.2, 0.25) is 5.02 Å². The maximum atomic E-state index is 9.23. The van der Waals surface area contributed by atoms with Crippen molar-refractivity contribution >= 4 is 11.6 Å². The molecule has 4 heteroatoms. The minimum atomic E-state index is 0.0121. The molecule has 1 aromatic carbocycles. The van der Waals surface area contributed by atoms with E-state index in [1.165, 1.54) is 0 Å². The molecular formula is C12H13ClN2O. The third kappa shape index (κ3) is 1.84. The van der Waals surface area contributed by atoms with Crippen molar-refractivity contribution in [2.45, 2.75) is 20.5 Å². The van der Waals surface area contributed by atoms with E-state index in [0.717, 1.165) is 22.6 Å². The summed E-state index contributed by atoms with van der Waals surface area (Å²) in [4.78, 5) is 0. The molecular weight excluding hydrogens is 224 g/mol. The highest BCUT2D eigenvalue weighted by molar-refractivity contribution is 6.30. The van der Waals surface area contributed by atoms with Gasteiger partial charge in [0.2, 0.25) is 0 Å². The molecule has 0 saturated carbocycles. The van der Waals surface area contributed by atoms with Crippen molar-refractivity contribution in [3.8, 4) is 5.69 Å². The Kier molecular flexibility index (Phi) is 2.99. The number of benzene rings is 1. The van der Waals surface area contributed by atoms with E-state index in [1.54, 1.807) is 4.68 Å². The summed E-state index contributed by atoms with van der Waals surface area (Å²) >= 11 is 5.94. The lowest BCUT2D eigenvalue weighted by atomic mass is 10.2. The van der Waals surface area contributed by atoms with Crippen LogP contribution in [0.25, 0.3) is 5.69 Å². The largest absolute Gasteiger partial charge is 0.392 e. The minimum absolute atomic E-state index is 0.0121. The molecule has 84 valence electrons. The van der Waals surface area contributed by atoms with E-state index >= 15 is 0 Å². The number of halogens is 1. The summed E-state index contributed by atoms with van der Waals surface area (Å²) in [6.07, 6.45) is 0. The first-order valence-corrected chi connectivity index (χ1v) is 5.43. The first-order valence-electron chi connectivity index (χ1n) is 5.05. The molecule has 0 fully saturated rings. The second-order valence-corrected chi connectivity index (χ2v) is 4.14. The van der Waals surface area contributed by atoms with Gasteiger partial charge in [0, 0.05) is 16.3 Å². The van der Waals surface area contributed by atoms with Gasteiger partial charge < -0.3 is 5.11 Å². The van der Waals surface area contributed by atoms with Crippen LogP contribution >= 0.6 is 11.6 Å². The molecule has 0 spiro atoms. The summed E-state index contributed by atoms with van der Waals surface area (Å²) in [5, 5.41) is 14.3. The Morgan fingerprint density at radius 3 is 2.69 bits per heavy atom. The second kappa shape index (κ2) is 4.28. The highest BCUT2D eigenvalue weighted by Crippen LogP contribution is 2.20. The van der Waals surface area contributed by atoms with E-state index < -0.39 is 0 Å². The van der Waals surface area contributed by atoms with E-state index in [2.05, 4.69) is 5.10 Å². The van der Waals surface area contributed by atoms with Gasteiger partial charge in [-0.05, 0) is 32.0 Å². The Labute approximate surface area is 99.3 Å². The monoisotopic (exact) mass is 236 g/mol. The van der Waals surface area contributed by atoms with Crippen LogP contribution < -0.4 is 0 Å². The van der Waals surface area contributed by atoms with Gasteiger partial charge in [0.25, 0.3) is 0 Å². The summed E-state index contributed by atoms with van der Waals surface area (Å²) < 4.78 is 1.80. The first kappa shape index (κ1) is 11.2. The van der Waals surface area contributed by atoms with Gasteiger partial charge in [0.1, 0.15) is 0 Å². The van der Waals surface area contributed by atoms with Gasteiger partial charge >= 0.3 is 0 Å². The predicted octanol–water partition coefficient (Wildman–Crippen LogP) is 2.63. The maximum Gasteiger partial charge on any atom is 0.0718 e. The second-order valence-electron chi connectivity index (χ2n) is 3.70. The summed E-state index contributed by atoms with van der Waals surface area (Å²) in [6.45, 7) is 3.84. The van der Waals surface area contributed by atoms with Crippen molar-refractivity contribution in [2.75, 3.05) is 0 Å². The molecule has 3 nitrogen and oxygen atoms in total. The molecule has 2 aromatic rings. The molecule has 0 radical (unpaired) electrons. The molecule has 0 amide bonds. The van der Waals surface area contributed by atoms with E-state index in [-0.39, 0.29) is 6.61 Å². The molecule has 2 rings (SSSR count). The quantitative estimate of drug-likeness (QED) is 0.871. The number of aliphatic hydroxyl groups excluding tert-OH is 1. The normalized spacial score (nSPS) is 10.8. The molecule has 16 heavy (non-hydrogen) atoms. The van der Waals surface area contributed by atoms with E-state index in [9.17, 15) is 5.11 Å². The maximum absolute atomic E-state index is 9.23. The standard InChI is InChI=1S/C12H13ClN2O/c1-8-12(7-16)9(2)15(14-8)11-5-3-4-10(13)6-11/h3-6,16H,7H2,1-2H3. The average Bonchev–Trinajstić information content (AvgIpc) is 2.54. The molecule has 0 aliphatic heterocycles. The van der Waals surface area contributed by atoms with Crippen LogP contribution in [0.15, 0.2) is 24.3 Å². The Morgan fingerprint density at radius 2 is 2.12 bits per heavy atom. The predicted molar refractivity (Wildman–Crippen MR) is 64.0 cm³/mol. The molecule has 0 saturated heterocycles. The number of aromatic nitrogens is 2. The zero-order valence-electron chi connectivity index (χ0n) is 9.24. The summed E-state index contributed by atoms with van der Waals surface area (Å²) in [6, 6.07) is 7.49. The third-order valence-corrected chi connectivity index (χ3v) is 2.89. The zero-order chi connectivity index (χ0) is 11.7. The molecule has 0 bridgehead atoms. The van der Waals surface area contributed by atoms with Gasteiger partial charge in [-0.3, -0.25) is 0 Å². The molecule has 1 aromatic heterocycles. The highest BCUT2D eigenvalue weighted by Gasteiger charge is 2.11. The van der Waals surface area contributed by atoms with E-state index in [4.69, 9.17) is 11.6 Å². The number of nitrogens with zero attached hydrogens (tertiary/aromatic N) is 2. The minimum Gasteiger partial charge on any atom is -0.392 e. The Hall–Kier alpha value is -1.32. The van der Waals surface area contributed by atoms with Crippen LogP contribution in [-0.2, 0) is 6.61 Å². The zero-order valence-corrected chi connectivity index (χ0v) is 9.99. The number of rotatable bonds is 2. The SMILES string of the molecule is Cc1nn(-c2cccc(Cl)c2)c(C)c1CO. The summed E-state index contributed by atoms with van der Waals surface area (Å²) in [5.74, 6) is 0. The summed E-state index contributed by atoms with van der Waals surface area (Å²) in [5.41, 5.74) is 3.58. The van der Waals surface area contributed by atoms with Crippen molar-refractivity contribution < 1.29 is 5.11 Å². The fourth-order valence-corrected chi connectivity index (χ4v) is 1.95. The van der Waals surface area contributed by atoms with Crippen molar-refractivity contribution in [1.29, 1.82) is 0 Å². The van der Waals surface area contributed by atoms with Crippen LogP contribution in [0.4, 0.5) is 0 Å². The van der Waals surface area contributed by atoms with Crippen molar-refractivity contribution in [3.63, 3.8) is 0 Å². The lowest BCUT2D eigenvalue weighted by Gasteiger charge is -2.04. The Bertz CT molecular complexity index is 520. The van der Waals surface area contributed by atoms with E-state index in [0.29, 0.717) is 5.02 Å². The topological polar surface area (TPSA) is 38.0 Å². The molecule has 0 aliphatic rings. The van der Waals surface area contributed by atoms with Gasteiger partial charge in [-0.2, -0.15) is 5.10 Å². The molecule has 0 aliphatic carbocycles. The van der Waals surface area contributed by atoms with Gasteiger partial charge in [0.05, 0.1) is 18.0 Å². The van der Waals surface area contributed by atoms with Crippen LogP contribution in [0.5, 0.6) is 0 Å². The number of aliphatic hydroxyl groups is 1. The van der Waals surface area contributed by atoms with Gasteiger partial charge in [0.15, 0.2) is 0 Å². The lowest BCUT2D eigenvalue weighted by molar-refractivity contribution is 0.280. The number of aryl methyl sites for hydroxylation is 1. The smallest absolute Gasteiger partial charge is 0.0718 e. The highest BCUT2D eigenvalue weighted by atomic mass is 35.5.